The maximum absolute atomic E-state index is 11.9. The first-order valence-corrected chi connectivity index (χ1v) is 6.47. The molecule has 0 spiro atoms. The first kappa shape index (κ1) is 13.7. The fraction of sp³-hybridized carbons (Fsp3) is 0.500. The number of hydrogen-bond donors (Lipinski definition) is 2. The van der Waals surface area contributed by atoms with Crippen LogP contribution in [0.3, 0.4) is 0 Å². The van der Waals surface area contributed by atoms with E-state index in [0.29, 0.717) is 24.5 Å². The van der Waals surface area contributed by atoms with E-state index in [9.17, 15) is 4.79 Å². The van der Waals surface area contributed by atoms with Gasteiger partial charge in [-0.3, -0.25) is 0 Å². The van der Waals surface area contributed by atoms with Gasteiger partial charge in [-0.2, -0.15) is 0 Å². The number of nitrogens with one attached hydrogen (secondary N) is 1. The first-order valence-electron chi connectivity index (χ1n) is 6.47. The molecule has 3 N–H and O–H groups in total. The van der Waals surface area contributed by atoms with Crippen LogP contribution in [0.25, 0.3) is 0 Å². The van der Waals surface area contributed by atoms with Gasteiger partial charge in [-0.1, -0.05) is 0 Å². The predicted octanol–water partition coefficient (Wildman–Crippen LogP) is 2.04. The molecule has 0 bridgehead atoms. The zero-order valence-corrected chi connectivity index (χ0v) is 11.4. The molecule has 1 heterocycles. The van der Waals surface area contributed by atoms with Crippen molar-refractivity contribution >= 4 is 17.3 Å². The molecule has 104 valence electrons. The SMILES string of the molecule is CCOC(=O)c1cc(N)ccc1NC1(C)CCOC1. The monoisotopic (exact) mass is 264 g/mol. The lowest BCUT2D eigenvalue weighted by Crippen LogP contribution is -2.35. The lowest BCUT2D eigenvalue weighted by molar-refractivity contribution is 0.0527. The topological polar surface area (TPSA) is 73.6 Å². The number of carbonyl (C=O) groups excluding carboxylic acids is 1. The van der Waals surface area contributed by atoms with Crippen LogP contribution in [-0.2, 0) is 9.47 Å². The molecule has 2 rings (SSSR count). The largest absolute Gasteiger partial charge is 0.462 e. The van der Waals surface area contributed by atoms with Crippen LogP contribution in [0.2, 0.25) is 0 Å². The normalized spacial score (nSPS) is 22.2. The summed E-state index contributed by atoms with van der Waals surface area (Å²) >= 11 is 0. The van der Waals surface area contributed by atoms with Crippen LogP contribution in [0.4, 0.5) is 11.4 Å². The Hall–Kier alpha value is -1.75. The number of carbonyl (C=O) groups is 1. The molecule has 5 nitrogen and oxygen atoms in total. The van der Waals surface area contributed by atoms with Gasteiger partial charge in [0.05, 0.1) is 24.3 Å². The Labute approximate surface area is 113 Å². The number of rotatable bonds is 4. The van der Waals surface area contributed by atoms with E-state index < -0.39 is 0 Å². The van der Waals surface area contributed by atoms with Crippen molar-refractivity contribution < 1.29 is 14.3 Å². The van der Waals surface area contributed by atoms with E-state index in [1.807, 2.05) is 6.07 Å². The van der Waals surface area contributed by atoms with E-state index in [0.717, 1.165) is 18.7 Å². The van der Waals surface area contributed by atoms with Gasteiger partial charge < -0.3 is 20.5 Å². The molecule has 19 heavy (non-hydrogen) atoms. The molecular formula is C14H20N2O3. The van der Waals surface area contributed by atoms with Crippen LogP contribution in [0.1, 0.15) is 30.6 Å². The number of benzene rings is 1. The summed E-state index contributed by atoms with van der Waals surface area (Å²) in [6.45, 7) is 5.55. The first-order chi connectivity index (χ1) is 9.04. The second kappa shape index (κ2) is 5.48. The smallest absolute Gasteiger partial charge is 0.340 e. The van der Waals surface area contributed by atoms with Crippen molar-refractivity contribution in [3.05, 3.63) is 23.8 Å². The summed E-state index contributed by atoms with van der Waals surface area (Å²) in [5.41, 5.74) is 7.33. The van der Waals surface area contributed by atoms with Gasteiger partial charge in [-0.05, 0) is 38.5 Å². The minimum Gasteiger partial charge on any atom is -0.462 e. The Morgan fingerprint density at radius 2 is 2.37 bits per heavy atom. The summed E-state index contributed by atoms with van der Waals surface area (Å²) in [5.74, 6) is -0.361. The molecule has 1 unspecified atom stereocenters. The molecule has 1 fully saturated rings. The highest BCUT2D eigenvalue weighted by atomic mass is 16.5. The lowest BCUT2D eigenvalue weighted by atomic mass is 10.00. The maximum atomic E-state index is 11.9. The molecule has 1 aromatic carbocycles. The van der Waals surface area contributed by atoms with Crippen molar-refractivity contribution in [2.45, 2.75) is 25.8 Å². The van der Waals surface area contributed by atoms with Crippen LogP contribution in [0, 0.1) is 0 Å². The highest BCUT2D eigenvalue weighted by Gasteiger charge is 2.30. The molecule has 1 aliphatic rings. The quantitative estimate of drug-likeness (QED) is 0.643. The molecule has 0 aliphatic carbocycles. The van der Waals surface area contributed by atoms with Crippen molar-refractivity contribution in [2.24, 2.45) is 0 Å². The van der Waals surface area contributed by atoms with Gasteiger partial charge in [0.2, 0.25) is 0 Å². The summed E-state index contributed by atoms with van der Waals surface area (Å²) in [4.78, 5) is 11.9. The molecule has 0 saturated carbocycles. The van der Waals surface area contributed by atoms with Crippen LogP contribution in [-0.4, -0.2) is 31.3 Å². The fourth-order valence-corrected chi connectivity index (χ4v) is 2.14. The Balaban J connectivity index is 2.26. The average Bonchev–Trinajstić information content (AvgIpc) is 2.78. The van der Waals surface area contributed by atoms with E-state index >= 15 is 0 Å². The van der Waals surface area contributed by atoms with Crippen molar-refractivity contribution in [3.8, 4) is 0 Å². The Bertz CT molecular complexity index is 468. The number of ether oxygens (including phenoxy) is 2. The van der Waals surface area contributed by atoms with E-state index in [1.54, 1.807) is 19.1 Å². The van der Waals surface area contributed by atoms with Gasteiger partial charge in [-0.25, -0.2) is 4.79 Å². The third-order valence-electron chi connectivity index (χ3n) is 3.19. The predicted molar refractivity (Wildman–Crippen MR) is 74.3 cm³/mol. The number of nitrogens with two attached hydrogens (primary N) is 1. The minimum absolute atomic E-state index is 0.155. The molecule has 5 heteroatoms. The van der Waals surface area contributed by atoms with Gasteiger partial charge in [0.15, 0.2) is 0 Å². The van der Waals surface area contributed by atoms with E-state index in [4.69, 9.17) is 15.2 Å². The lowest BCUT2D eigenvalue weighted by Gasteiger charge is -2.26. The number of nitrogen functional groups attached to an aromatic ring is 1. The molecule has 1 atom stereocenters. The average molecular weight is 264 g/mol. The zero-order valence-electron chi connectivity index (χ0n) is 11.4. The van der Waals surface area contributed by atoms with Crippen molar-refractivity contribution in [1.29, 1.82) is 0 Å². The van der Waals surface area contributed by atoms with Crippen LogP contribution >= 0.6 is 0 Å². The van der Waals surface area contributed by atoms with Crippen LogP contribution in [0.15, 0.2) is 18.2 Å². The van der Waals surface area contributed by atoms with Crippen LogP contribution in [0.5, 0.6) is 0 Å². The number of hydrogen-bond acceptors (Lipinski definition) is 5. The Morgan fingerprint density at radius 1 is 1.58 bits per heavy atom. The molecule has 0 amide bonds. The standard InChI is InChI=1S/C14H20N2O3/c1-3-19-13(17)11-8-10(15)4-5-12(11)16-14(2)6-7-18-9-14/h4-5,8,16H,3,6-7,9,15H2,1-2H3. The number of anilines is 2. The highest BCUT2D eigenvalue weighted by molar-refractivity contribution is 5.96. The molecule has 1 aliphatic heterocycles. The third-order valence-corrected chi connectivity index (χ3v) is 3.19. The molecule has 1 aromatic rings. The van der Waals surface area contributed by atoms with Crippen molar-refractivity contribution in [1.82, 2.24) is 0 Å². The number of esters is 1. The maximum Gasteiger partial charge on any atom is 0.340 e. The zero-order chi connectivity index (χ0) is 13.9. The Kier molecular flexibility index (Phi) is 3.95. The highest BCUT2D eigenvalue weighted by Crippen LogP contribution is 2.27. The van der Waals surface area contributed by atoms with Crippen molar-refractivity contribution in [2.75, 3.05) is 30.9 Å². The van der Waals surface area contributed by atoms with Gasteiger partial charge in [0, 0.05) is 18.0 Å². The molecule has 0 radical (unpaired) electrons. The van der Waals surface area contributed by atoms with Gasteiger partial charge in [0.25, 0.3) is 0 Å². The van der Waals surface area contributed by atoms with E-state index in [2.05, 4.69) is 12.2 Å². The van der Waals surface area contributed by atoms with E-state index in [1.165, 1.54) is 0 Å². The van der Waals surface area contributed by atoms with Crippen molar-refractivity contribution in [3.63, 3.8) is 0 Å². The summed E-state index contributed by atoms with van der Waals surface area (Å²) in [6, 6.07) is 5.22. The fourth-order valence-electron chi connectivity index (χ4n) is 2.14. The second-order valence-electron chi connectivity index (χ2n) is 5.01. The summed E-state index contributed by atoms with van der Waals surface area (Å²) in [5, 5.41) is 3.37. The molecule has 1 saturated heterocycles. The third kappa shape index (κ3) is 3.17. The summed E-state index contributed by atoms with van der Waals surface area (Å²) in [7, 11) is 0. The second-order valence-corrected chi connectivity index (χ2v) is 5.01. The molecule has 0 aromatic heterocycles. The Morgan fingerprint density at radius 3 is 3.00 bits per heavy atom. The van der Waals surface area contributed by atoms with Gasteiger partial charge >= 0.3 is 5.97 Å². The van der Waals surface area contributed by atoms with E-state index in [-0.39, 0.29) is 11.5 Å². The summed E-state index contributed by atoms with van der Waals surface area (Å²) < 4.78 is 10.5. The summed E-state index contributed by atoms with van der Waals surface area (Å²) in [6.07, 6.45) is 0.902. The van der Waals surface area contributed by atoms with Crippen LogP contribution < -0.4 is 11.1 Å². The van der Waals surface area contributed by atoms with Gasteiger partial charge in [-0.15, -0.1) is 0 Å². The molecular weight excluding hydrogens is 244 g/mol. The minimum atomic E-state index is -0.361. The van der Waals surface area contributed by atoms with Gasteiger partial charge in [0.1, 0.15) is 0 Å².